The van der Waals surface area contributed by atoms with Crippen molar-refractivity contribution in [1.82, 2.24) is 20.1 Å². The molecule has 21 heavy (non-hydrogen) atoms. The first-order valence-corrected chi connectivity index (χ1v) is 6.13. The number of nitrogens with one attached hydrogen (secondary N) is 1. The Balaban J connectivity index is 2.15. The van der Waals surface area contributed by atoms with Crippen LogP contribution in [0.1, 0.15) is 41.3 Å². The van der Waals surface area contributed by atoms with Gasteiger partial charge in [-0.05, 0) is 25.1 Å². The molecule has 0 radical (unpaired) electrons. The molecule has 2 aromatic rings. The normalized spacial score (nSPS) is 12.5. The van der Waals surface area contributed by atoms with E-state index in [-0.39, 0.29) is 17.1 Å². The third-order valence-corrected chi connectivity index (χ3v) is 2.92. The summed E-state index contributed by atoms with van der Waals surface area (Å²) in [7, 11) is 1.32. The molecule has 1 amide bonds. The maximum Gasteiger partial charge on any atom is 0.280 e. The molecule has 1 atom stereocenters. The van der Waals surface area contributed by atoms with Crippen LogP contribution in [-0.2, 0) is 7.05 Å². The molecule has 0 aliphatic rings. The summed E-state index contributed by atoms with van der Waals surface area (Å²) < 4.78 is 39.7. The van der Waals surface area contributed by atoms with Gasteiger partial charge in [-0.15, -0.1) is 0 Å². The molecule has 0 bridgehead atoms. The monoisotopic (exact) mass is 298 g/mol. The van der Waals surface area contributed by atoms with Gasteiger partial charge in [-0.1, -0.05) is 0 Å². The maximum atomic E-state index is 13.5. The van der Waals surface area contributed by atoms with Crippen molar-refractivity contribution in [1.29, 1.82) is 0 Å². The highest BCUT2D eigenvalue weighted by Crippen LogP contribution is 2.19. The molecule has 5 nitrogen and oxygen atoms in total. The molecule has 0 unspecified atom stereocenters. The Kier molecular flexibility index (Phi) is 4.25. The molecule has 112 valence electrons. The first kappa shape index (κ1) is 15.0. The van der Waals surface area contributed by atoms with Gasteiger partial charge in [-0.3, -0.25) is 14.5 Å². The van der Waals surface area contributed by atoms with Crippen molar-refractivity contribution in [2.24, 2.45) is 7.05 Å². The average molecular weight is 298 g/mol. The molecule has 0 saturated carbocycles. The highest BCUT2D eigenvalue weighted by atomic mass is 19.3. The van der Waals surface area contributed by atoms with E-state index < -0.39 is 24.2 Å². The number of aromatic nitrogens is 3. The van der Waals surface area contributed by atoms with Crippen LogP contribution in [0, 0.1) is 5.82 Å². The molecule has 0 saturated heterocycles. The second-order valence-electron chi connectivity index (χ2n) is 4.44. The van der Waals surface area contributed by atoms with Gasteiger partial charge in [-0.25, -0.2) is 13.2 Å². The van der Waals surface area contributed by atoms with Crippen LogP contribution in [-0.4, -0.2) is 20.7 Å². The van der Waals surface area contributed by atoms with Gasteiger partial charge in [0.05, 0.1) is 11.7 Å². The van der Waals surface area contributed by atoms with Gasteiger partial charge in [0, 0.05) is 13.2 Å². The Labute approximate surface area is 118 Å². The minimum absolute atomic E-state index is 0.0656. The Morgan fingerprint density at radius 3 is 2.71 bits per heavy atom. The van der Waals surface area contributed by atoms with E-state index in [9.17, 15) is 18.0 Å². The number of hydrogen-bond donors (Lipinski definition) is 1. The predicted octanol–water partition coefficient (Wildman–Crippen LogP) is 2.38. The number of hydrogen-bond acceptors (Lipinski definition) is 3. The van der Waals surface area contributed by atoms with Crippen LogP contribution >= 0.6 is 0 Å². The van der Waals surface area contributed by atoms with Gasteiger partial charge in [0.1, 0.15) is 11.5 Å². The Hall–Kier alpha value is -2.38. The van der Waals surface area contributed by atoms with Crippen LogP contribution in [0.25, 0.3) is 0 Å². The van der Waals surface area contributed by atoms with Gasteiger partial charge >= 0.3 is 0 Å². The minimum Gasteiger partial charge on any atom is -0.342 e. The zero-order valence-electron chi connectivity index (χ0n) is 11.3. The lowest BCUT2D eigenvalue weighted by molar-refractivity contribution is 0.0932. The molecule has 0 aliphatic carbocycles. The fourth-order valence-electron chi connectivity index (χ4n) is 1.85. The van der Waals surface area contributed by atoms with Gasteiger partial charge in [0.2, 0.25) is 0 Å². The van der Waals surface area contributed by atoms with Gasteiger partial charge in [-0.2, -0.15) is 5.10 Å². The number of alkyl halides is 2. The van der Waals surface area contributed by atoms with Gasteiger partial charge in [0.15, 0.2) is 5.69 Å². The van der Waals surface area contributed by atoms with Crippen LogP contribution in [0.15, 0.2) is 24.4 Å². The summed E-state index contributed by atoms with van der Waals surface area (Å²) in [5.41, 5.74) is -0.455. The number of aryl methyl sites for hydroxylation is 1. The number of halogens is 3. The Morgan fingerprint density at radius 2 is 2.14 bits per heavy atom. The van der Waals surface area contributed by atoms with Crippen LogP contribution in [0.5, 0.6) is 0 Å². The summed E-state index contributed by atoms with van der Waals surface area (Å²) >= 11 is 0. The molecule has 0 aliphatic heterocycles. The topological polar surface area (TPSA) is 59.8 Å². The Morgan fingerprint density at radius 1 is 1.43 bits per heavy atom. The van der Waals surface area contributed by atoms with Crippen molar-refractivity contribution < 1.29 is 18.0 Å². The fourth-order valence-corrected chi connectivity index (χ4v) is 1.85. The summed E-state index contributed by atoms with van der Waals surface area (Å²) in [5.74, 6) is -1.23. The van der Waals surface area contributed by atoms with E-state index in [4.69, 9.17) is 0 Å². The number of carbonyl (C=O) groups is 1. The molecule has 2 aromatic heterocycles. The standard InChI is InChI=1S/C13H13F3N4O/c1-7(11-8(14)4-3-5-17-11)18-13(21)9-6-10(12(15)16)20(2)19-9/h3-7,12H,1-2H3,(H,18,21)/t7-/m1/s1. The van der Waals surface area contributed by atoms with E-state index in [1.54, 1.807) is 6.92 Å². The quantitative estimate of drug-likeness (QED) is 0.942. The van der Waals surface area contributed by atoms with E-state index in [2.05, 4.69) is 15.4 Å². The second kappa shape index (κ2) is 5.94. The molecule has 0 fully saturated rings. The van der Waals surface area contributed by atoms with E-state index in [1.807, 2.05) is 0 Å². The van der Waals surface area contributed by atoms with Crippen molar-refractivity contribution in [2.75, 3.05) is 0 Å². The number of carbonyl (C=O) groups excluding carboxylic acids is 1. The van der Waals surface area contributed by atoms with Gasteiger partial charge < -0.3 is 5.32 Å². The second-order valence-corrected chi connectivity index (χ2v) is 4.44. The minimum atomic E-state index is -2.73. The highest BCUT2D eigenvalue weighted by Gasteiger charge is 2.21. The number of pyridine rings is 1. The van der Waals surface area contributed by atoms with Crippen molar-refractivity contribution in [2.45, 2.75) is 19.4 Å². The third-order valence-electron chi connectivity index (χ3n) is 2.92. The lowest BCUT2D eigenvalue weighted by Gasteiger charge is -2.12. The van der Waals surface area contributed by atoms with E-state index in [1.165, 1.54) is 25.4 Å². The first-order chi connectivity index (χ1) is 9.90. The summed E-state index contributed by atoms with van der Waals surface area (Å²) in [4.78, 5) is 15.8. The summed E-state index contributed by atoms with van der Waals surface area (Å²) in [6.45, 7) is 1.54. The zero-order chi connectivity index (χ0) is 15.6. The van der Waals surface area contributed by atoms with Crippen molar-refractivity contribution >= 4 is 5.91 Å². The van der Waals surface area contributed by atoms with E-state index >= 15 is 0 Å². The lowest BCUT2D eigenvalue weighted by atomic mass is 10.2. The van der Waals surface area contributed by atoms with E-state index in [0.717, 1.165) is 10.7 Å². The maximum absolute atomic E-state index is 13.5. The predicted molar refractivity (Wildman–Crippen MR) is 68.2 cm³/mol. The summed E-state index contributed by atoms with van der Waals surface area (Å²) in [6.07, 6.45) is -1.33. The van der Waals surface area contributed by atoms with Crippen LogP contribution in [0.2, 0.25) is 0 Å². The van der Waals surface area contributed by atoms with Crippen molar-refractivity contribution in [3.05, 3.63) is 47.3 Å². The van der Waals surface area contributed by atoms with E-state index in [0.29, 0.717) is 0 Å². The third kappa shape index (κ3) is 3.21. The molecule has 1 N–H and O–H groups in total. The summed E-state index contributed by atoms with van der Waals surface area (Å²) in [6, 6.07) is 2.94. The van der Waals surface area contributed by atoms with Crippen molar-refractivity contribution in [3.8, 4) is 0 Å². The largest absolute Gasteiger partial charge is 0.342 e. The number of amides is 1. The lowest BCUT2D eigenvalue weighted by Crippen LogP contribution is -2.28. The van der Waals surface area contributed by atoms with Crippen molar-refractivity contribution in [3.63, 3.8) is 0 Å². The molecular formula is C13H13F3N4O. The number of rotatable bonds is 4. The zero-order valence-corrected chi connectivity index (χ0v) is 11.3. The molecule has 2 rings (SSSR count). The fraction of sp³-hybridized carbons (Fsp3) is 0.308. The molecule has 0 aromatic carbocycles. The number of nitrogens with zero attached hydrogens (tertiary/aromatic N) is 3. The average Bonchev–Trinajstić information content (AvgIpc) is 2.81. The summed E-state index contributed by atoms with van der Waals surface area (Å²) in [5, 5.41) is 6.18. The molecule has 0 spiro atoms. The van der Waals surface area contributed by atoms with Crippen LogP contribution < -0.4 is 5.32 Å². The molecule has 8 heteroatoms. The molecule has 2 heterocycles. The SMILES string of the molecule is C[C@@H](NC(=O)c1cc(C(F)F)n(C)n1)c1ncccc1F. The van der Waals surface area contributed by atoms with Crippen LogP contribution in [0.4, 0.5) is 13.2 Å². The van der Waals surface area contributed by atoms with Crippen LogP contribution in [0.3, 0.4) is 0 Å². The Bertz CT molecular complexity index is 657. The first-order valence-electron chi connectivity index (χ1n) is 6.13. The molecular weight excluding hydrogens is 285 g/mol. The van der Waals surface area contributed by atoms with Gasteiger partial charge in [0.25, 0.3) is 12.3 Å². The smallest absolute Gasteiger partial charge is 0.280 e. The highest BCUT2D eigenvalue weighted by molar-refractivity contribution is 5.92.